The predicted octanol–water partition coefficient (Wildman–Crippen LogP) is 1.31. The van der Waals surface area contributed by atoms with Gasteiger partial charge in [0.25, 0.3) is 0 Å². The summed E-state index contributed by atoms with van der Waals surface area (Å²) < 4.78 is 2.08. The van der Waals surface area contributed by atoms with E-state index in [1.54, 1.807) is 0 Å². The second kappa shape index (κ2) is 4.72. The fourth-order valence-electron chi connectivity index (χ4n) is 1.10. The van der Waals surface area contributed by atoms with Crippen LogP contribution in [0, 0.1) is 0 Å². The van der Waals surface area contributed by atoms with E-state index in [0.29, 0.717) is 6.54 Å². The molecule has 0 saturated carbocycles. The molecule has 0 amide bonds. The Morgan fingerprint density at radius 2 is 2.50 bits per heavy atom. The molecule has 0 atom stereocenters. The van der Waals surface area contributed by atoms with E-state index in [0.717, 1.165) is 18.7 Å². The third-order valence-corrected chi connectivity index (χ3v) is 1.78. The van der Waals surface area contributed by atoms with Crippen molar-refractivity contribution in [3.63, 3.8) is 0 Å². The van der Waals surface area contributed by atoms with Gasteiger partial charge in [-0.1, -0.05) is 12.2 Å². The summed E-state index contributed by atoms with van der Waals surface area (Å²) >= 11 is 0. The lowest BCUT2D eigenvalue weighted by molar-refractivity contribution is 0.671. The second-order valence-electron chi connectivity index (χ2n) is 2.64. The number of nitrogens with two attached hydrogens (primary N) is 1. The minimum atomic E-state index is 0.565. The van der Waals surface area contributed by atoms with Crippen LogP contribution in [0.5, 0.6) is 0 Å². The van der Waals surface area contributed by atoms with E-state index in [1.165, 1.54) is 0 Å². The van der Waals surface area contributed by atoms with Crippen molar-refractivity contribution in [1.29, 1.82) is 0 Å². The van der Waals surface area contributed by atoms with E-state index in [-0.39, 0.29) is 0 Å². The summed E-state index contributed by atoms with van der Waals surface area (Å²) in [6, 6.07) is 0. The molecule has 1 heterocycles. The molecule has 1 aromatic heterocycles. The third kappa shape index (κ3) is 2.20. The van der Waals surface area contributed by atoms with Gasteiger partial charge < -0.3 is 10.3 Å². The van der Waals surface area contributed by atoms with Gasteiger partial charge in [-0.2, -0.15) is 0 Å². The smallest absolute Gasteiger partial charge is 0.0948 e. The van der Waals surface area contributed by atoms with Crippen molar-refractivity contribution >= 4 is 0 Å². The topological polar surface area (TPSA) is 43.8 Å². The van der Waals surface area contributed by atoms with Crippen LogP contribution in [0.2, 0.25) is 0 Å². The Balaban J connectivity index is 2.50. The van der Waals surface area contributed by atoms with Crippen molar-refractivity contribution in [2.24, 2.45) is 5.73 Å². The minimum Gasteiger partial charge on any atom is -0.333 e. The van der Waals surface area contributed by atoms with Gasteiger partial charge in [-0.3, -0.25) is 0 Å². The Hall–Kier alpha value is -1.09. The van der Waals surface area contributed by atoms with Crippen LogP contribution in [0.4, 0.5) is 0 Å². The highest BCUT2D eigenvalue weighted by molar-refractivity contribution is 4.97. The number of hydrogen-bond donors (Lipinski definition) is 1. The van der Waals surface area contributed by atoms with Gasteiger partial charge in [0.1, 0.15) is 0 Å². The van der Waals surface area contributed by atoms with E-state index in [1.807, 2.05) is 19.4 Å². The van der Waals surface area contributed by atoms with Crippen LogP contribution in [0.15, 0.2) is 24.7 Å². The highest BCUT2D eigenvalue weighted by Gasteiger charge is 1.96. The minimum absolute atomic E-state index is 0.565. The summed E-state index contributed by atoms with van der Waals surface area (Å²) in [5.41, 5.74) is 6.62. The molecule has 0 fully saturated rings. The molecule has 0 bridgehead atoms. The Morgan fingerprint density at radius 1 is 1.67 bits per heavy atom. The molecule has 1 rings (SSSR count). The summed E-state index contributed by atoms with van der Waals surface area (Å²) in [6.45, 7) is 3.56. The number of aromatic nitrogens is 2. The molecule has 3 heteroatoms. The van der Waals surface area contributed by atoms with Crippen LogP contribution in [-0.2, 0) is 13.1 Å². The predicted molar refractivity (Wildman–Crippen MR) is 49.5 cm³/mol. The van der Waals surface area contributed by atoms with Gasteiger partial charge in [0.15, 0.2) is 0 Å². The lowest BCUT2D eigenvalue weighted by atomic mass is 10.3. The van der Waals surface area contributed by atoms with Gasteiger partial charge in [-0.15, -0.1) is 0 Å². The number of allylic oxidation sites excluding steroid dienone is 2. The standard InChI is InChI=1S/C9H15N3/c1-2-3-4-5-12-8-11-7-9(12)6-10/h2-3,7-8H,4-6,10H2,1H3/b3-2+. The van der Waals surface area contributed by atoms with E-state index >= 15 is 0 Å². The zero-order valence-electron chi connectivity index (χ0n) is 7.40. The maximum atomic E-state index is 5.52. The Labute approximate surface area is 72.9 Å². The van der Waals surface area contributed by atoms with E-state index in [9.17, 15) is 0 Å². The van der Waals surface area contributed by atoms with Crippen molar-refractivity contribution in [2.75, 3.05) is 0 Å². The quantitative estimate of drug-likeness (QED) is 0.683. The van der Waals surface area contributed by atoms with Gasteiger partial charge in [-0.25, -0.2) is 4.98 Å². The monoisotopic (exact) mass is 165 g/mol. The van der Waals surface area contributed by atoms with E-state index in [4.69, 9.17) is 5.73 Å². The fraction of sp³-hybridized carbons (Fsp3) is 0.444. The van der Waals surface area contributed by atoms with Crippen molar-refractivity contribution in [3.05, 3.63) is 30.4 Å². The lowest BCUT2D eigenvalue weighted by Gasteiger charge is -2.02. The number of nitrogens with zero attached hydrogens (tertiary/aromatic N) is 2. The molecule has 0 aromatic carbocycles. The summed E-state index contributed by atoms with van der Waals surface area (Å²) in [4.78, 5) is 4.03. The molecule has 0 spiro atoms. The lowest BCUT2D eigenvalue weighted by Crippen LogP contribution is -2.05. The van der Waals surface area contributed by atoms with Gasteiger partial charge >= 0.3 is 0 Å². The average molecular weight is 165 g/mol. The summed E-state index contributed by atoms with van der Waals surface area (Å²) in [7, 11) is 0. The first kappa shape index (κ1) is 9.00. The summed E-state index contributed by atoms with van der Waals surface area (Å²) in [5.74, 6) is 0. The van der Waals surface area contributed by atoms with Crippen LogP contribution >= 0.6 is 0 Å². The normalized spacial score (nSPS) is 11.2. The fourth-order valence-corrected chi connectivity index (χ4v) is 1.10. The highest BCUT2D eigenvalue weighted by Crippen LogP contribution is 1.99. The number of hydrogen-bond acceptors (Lipinski definition) is 2. The van der Waals surface area contributed by atoms with E-state index < -0.39 is 0 Å². The van der Waals surface area contributed by atoms with E-state index in [2.05, 4.69) is 21.7 Å². The zero-order chi connectivity index (χ0) is 8.81. The first-order chi connectivity index (χ1) is 5.88. The van der Waals surface area contributed by atoms with Crippen LogP contribution in [0.25, 0.3) is 0 Å². The van der Waals surface area contributed by atoms with Gasteiger partial charge in [-0.05, 0) is 13.3 Å². The SMILES string of the molecule is C/C=C/CCn1cncc1CN. The van der Waals surface area contributed by atoms with Crippen molar-refractivity contribution in [3.8, 4) is 0 Å². The largest absolute Gasteiger partial charge is 0.333 e. The molecule has 66 valence electrons. The van der Waals surface area contributed by atoms with Crippen molar-refractivity contribution < 1.29 is 0 Å². The molecular formula is C9H15N3. The van der Waals surface area contributed by atoms with Crippen molar-refractivity contribution in [1.82, 2.24) is 9.55 Å². The van der Waals surface area contributed by atoms with Crippen LogP contribution in [0.3, 0.4) is 0 Å². The third-order valence-electron chi connectivity index (χ3n) is 1.78. The Morgan fingerprint density at radius 3 is 3.17 bits per heavy atom. The number of rotatable bonds is 4. The number of imidazole rings is 1. The first-order valence-electron chi connectivity index (χ1n) is 4.18. The summed E-state index contributed by atoms with van der Waals surface area (Å²) in [6.07, 6.45) is 8.88. The van der Waals surface area contributed by atoms with Crippen molar-refractivity contribution in [2.45, 2.75) is 26.4 Å². The highest BCUT2D eigenvalue weighted by atomic mass is 15.0. The molecule has 0 aliphatic carbocycles. The molecule has 0 radical (unpaired) electrons. The maximum absolute atomic E-state index is 5.52. The molecular weight excluding hydrogens is 150 g/mol. The van der Waals surface area contributed by atoms with Gasteiger partial charge in [0.2, 0.25) is 0 Å². The Bertz CT molecular complexity index is 250. The van der Waals surface area contributed by atoms with Gasteiger partial charge in [0.05, 0.1) is 12.0 Å². The summed E-state index contributed by atoms with van der Waals surface area (Å²) in [5, 5.41) is 0. The molecule has 0 aliphatic heterocycles. The van der Waals surface area contributed by atoms with Crippen LogP contribution in [-0.4, -0.2) is 9.55 Å². The molecule has 0 saturated heterocycles. The number of aryl methyl sites for hydroxylation is 1. The molecule has 3 nitrogen and oxygen atoms in total. The first-order valence-corrected chi connectivity index (χ1v) is 4.18. The molecule has 1 aromatic rings. The Kier molecular flexibility index (Phi) is 3.54. The zero-order valence-corrected chi connectivity index (χ0v) is 7.40. The molecule has 2 N–H and O–H groups in total. The molecule has 0 aliphatic rings. The maximum Gasteiger partial charge on any atom is 0.0948 e. The van der Waals surface area contributed by atoms with Crippen LogP contribution in [0.1, 0.15) is 19.0 Å². The van der Waals surface area contributed by atoms with Crippen LogP contribution < -0.4 is 5.73 Å². The average Bonchev–Trinajstić information content (AvgIpc) is 2.52. The molecule has 0 unspecified atom stereocenters. The second-order valence-corrected chi connectivity index (χ2v) is 2.64. The molecule has 12 heavy (non-hydrogen) atoms. The van der Waals surface area contributed by atoms with Gasteiger partial charge in [0, 0.05) is 19.3 Å².